The molecule has 24 heavy (non-hydrogen) atoms. The summed E-state index contributed by atoms with van der Waals surface area (Å²) in [6, 6.07) is 1.91. The molecule has 2 aromatic heterocycles. The largest absolute Gasteiger partial charge is 0.480 e. The lowest BCUT2D eigenvalue weighted by Crippen LogP contribution is -2.35. The molecule has 1 aliphatic heterocycles. The number of carboxylic acid groups (broad SMARTS) is 1. The zero-order chi connectivity index (χ0) is 17.1. The summed E-state index contributed by atoms with van der Waals surface area (Å²) in [7, 11) is 0. The van der Waals surface area contributed by atoms with Crippen LogP contribution in [0.15, 0.2) is 24.7 Å². The Morgan fingerprint density at radius 3 is 2.79 bits per heavy atom. The molecule has 1 atom stereocenters. The van der Waals surface area contributed by atoms with E-state index in [1.165, 1.54) is 0 Å². The molecule has 2 aromatic rings. The number of hydrogen-bond donors (Lipinski definition) is 1. The second-order valence-corrected chi connectivity index (χ2v) is 6.78. The first-order valence-electron chi connectivity index (χ1n) is 7.78. The number of hydrogen-bond acceptors (Lipinski definition) is 4. The first-order valence-corrected chi connectivity index (χ1v) is 8.54. The van der Waals surface area contributed by atoms with Crippen molar-refractivity contribution in [1.29, 1.82) is 0 Å². The van der Waals surface area contributed by atoms with Gasteiger partial charge < -0.3 is 5.11 Å². The first-order chi connectivity index (χ1) is 11.5. The van der Waals surface area contributed by atoms with E-state index in [9.17, 15) is 4.79 Å². The fraction of sp³-hybridized carbons (Fsp3) is 0.438. The minimum atomic E-state index is -0.886. The SMILES string of the molecule is O=C(O)Cn1nccc1C1CCCN(Cc2c(Cl)cncc2Cl)C1. The normalized spacial score (nSPS) is 18.7. The van der Waals surface area contributed by atoms with Crippen LogP contribution in [0, 0.1) is 0 Å². The number of nitrogens with zero attached hydrogens (tertiary/aromatic N) is 4. The monoisotopic (exact) mass is 368 g/mol. The third kappa shape index (κ3) is 3.88. The van der Waals surface area contributed by atoms with Gasteiger partial charge in [0.15, 0.2) is 0 Å². The molecule has 3 heterocycles. The van der Waals surface area contributed by atoms with Crippen molar-refractivity contribution in [2.45, 2.75) is 31.8 Å². The van der Waals surface area contributed by atoms with E-state index in [0.29, 0.717) is 16.6 Å². The molecule has 0 radical (unpaired) electrons. The number of halogens is 2. The van der Waals surface area contributed by atoms with E-state index in [4.69, 9.17) is 28.3 Å². The summed E-state index contributed by atoms with van der Waals surface area (Å²) in [5, 5.41) is 14.3. The van der Waals surface area contributed by atoms with Crippen molar-refractivity contribution >= 4 is 29.2 Å². The Labute approximate surface area is 150 Å². The summed E-state index contributed by atoms with van der Waals surface area (Å²) < 4.78 is 1.57. The molecule has 1 unspecified atom stereocenters. The third-order valence-corrected chi connectivity index (χ3v) is 4.94. The molecule has 1 saturated heterocycles. The topological polar surface area (TPSA) is 71.2 Å². The Balaban J connectivity index is 1.73. The second kappa shape index (κ2) is 7.51. The summed E-state index contributed by atoms with van der Waals surface area (Å²) in [6.07, 6.45) is 6.91. The standard InChI is InChI=1S/C16H18Cl2N4O2/c17-13-6-19-7-14(18)12(13)9-21-5-1-2-11(8-21)15-3-4-20-22(15)10-16(23)24/h3-4,6-7,11H,1-2,5,8-10H2,(H,23,24). The van der Waals surface area contributed by atoms with E-state index < -0.39 is 5.97 Å². The zero-order valence-electron chi connectivity index (χ0n) is 13.0. The summed E-state index contributed by atoms with van der Waals surface area (Å²) in [6.45, 7) is 2.32. The van der Waals surface area contributed by atoms with Crippen LogP contribution in [0.1, 0.15) is 30.0 Å². The van der Waals surface area contributed by atoms with Gasteiger partial charge in [0.25, 0.3) is 0 Å². The molecule has 0 aromatic carbocycles. The Hall–Kier alpha value is -1.63. The van der Waals surface area contributed by atoms with Crippen molar-refractivity contribution in [2.24, 2.45) is 0 Å². The lowest BCUT2D eigenvalue weighted by atomic mass is 9.94. The lowest BCUT2D eigenvalue weighted by Gasteiger charge is -2.33. The number of aromatic nitrogens is 3. The van der Waals surface area contributed by atoms with Crippen LogP contribution in [0.3, 0.4) is 0 Å². The number of likely N-dealkylation sites (tertiary alicyclic amines) is 1. The Morgan fingerprint density at radius 1 is 1.33 bits per heavy atom. The molecule has 0 saturated carbocycles. The van der Waals surface area contributed by atoms with E-state index in [1.54, 1.807) is 23.3 Å². The van der Waals surface area contributed by atoms with E-state index in [0.717, 1.165) is 37.2 Å². The van der Waals surface area contributed by atoms with Crippen molar-refractivity contribution in [3.05, 3.63) is 46.0 Å². The smallest absolute Gasteiger partial charge is 0.325 e. The number of rotatable bonds is 5. The van der Waals surface area contributed by atoms with E-state index >= 15 is 0 Å². The van der Waals surface area contributed by atoms with Crippen molar-refractivity contribution in [3.63, 3.8) is 0 Å². The maximum atomic E-state index is 11.0. The molecule has 0 aliphatic carbocycles. The summed E-state index contributed by atoms with van der Waals surface area (Å²) in [5.41, 5.74) is 1.85. The summed E-state index contributed by atoms with van der Waals surface area (Å²) in [5.74, 6) is -0.636. The van der Waals surface area contributed by atoms with Crippen molar-refractivity contribution in [3.8, 4) is 0 Å². The maximum Gasteiger partial charge on any atom is 0.325 e. The van der Waals surface area contributed by atoms with Crippen molar-refractivity contribution in [2.75, 3.05) is 13.1 Å². The number of piperidine rings is 1. The van der Waals surface area contributed by atoms with Crippen LogP contribution in [-0.4, -0.2) is 43.8 Å². The summed E-state index contributed by atoms with van der Waals surface area (Å²) >= 11 is 12.4. The van der Waals surface area contributed by atoms with E-state index in [1.807, 2.05) is 6.07 Å². The molecule has 6 nitrogen and oxygen atoms in total. The third-order valence-electron chi connectivity index (χ3n) is 4.29. The molecule has 8 heteroatoms. The molecule has 0 spiro atoms. The second-order valence-electron chi connectivity index (χ2n) is 5.96. The van der Waals surface area contributed by atoms with Crippen LogP contribution in [0.25, 0.3) is 0 Å². The predicted molar refractivity (Wildman–Crippen MR) is 91.4 cm³/mol. The van der Waals surface area contributed by atoms with Gasteiger partial charge in [-0.1, -0.05) is 23.2 Å². The first kappa shape index (κ1) is 17.2. The van der Waals surface area contributed by atoms with Gasteiger partial charge in [0, 0.05) is 48.9 Å². The predicted octanol–water partition coefficient (Wildman–Crippen LogP) is 3.05. The van der Waals surface area contributed by atoms with Gasteiger partial charge >= 0.3 is 5.97 Å². The minimum Gasteiger partial charge on any atom is -0.480 e. The van der Waals surface area contributed by atoms with Gasteiger partial charge in [-0.2, -0.15) is 5.10 Å². The van der Waals surface area contributed by atoms with Gasteiger partial charge in [-0.15, -0.1) is 0 Å². The number of carboxylic acids is 1. The van der Waals surface area contributed by atoms with Gasteiger partial charge in [-0.25, -0.2) is 0 Å². The van der Waals surface area contributed by atoms with E-state index in [2.05, 4.69) is 15.0 Å². The maximum absolute atomic E-state index is 11.0. The van der Waals surface area contributed by atoms with Crippen LogP contribution in [0.5, 0.6) is 0 Å². The highest BCUT2D eigenvalue weighted by molar-refractivity contribution is 6.35. The van der Waals surface area contributed by atoms with Gasteiger partial charge in [0.05, 0.1) is 10.0 Å². The molecule has 1 N–H and O–H groups in total. The van der Waals surface area contributed by atoms with Gasteiger partial charge in [-0.3, -0.25) is 19.4 Å². The molecule has 128 valence electrons. The molecular weight excluding hydrogens is 351 g/mol. The zero-order valence-corrected chi connectivity index (χ0v) is 14.5. The fourth-order valence-electron chi connectivity index (χ4n) is 3.20. The Kier molecular flexibility index (Phi) is 5.38. The molecule has 0 amide bonds. The van der Waals surface area contributed by atoms with Gasteiger partial charge in [0.1, 0.15) is 6.54 Å². The Bertz CT molecular complexity index is 714. The number of pyridine rings is 1. The van der Waals surface area contributed by atoms with Crippen LogP contribution in [0.4, 0.5) is 0 Å². The number of carbonyl (C=O) groups is 1. The lowest BCUT2D eigenvalue weighted by molar-refractivity contribution is -0.137. The van der Waals surface area contributed by atoms with Crippen molar-refractivity contribution in [1.82, 2.24) is 19.7 Å². The molecule has 0 bridgehead atoms. The molecule has 1 aliphatic rings. The van der Waals surface area contributed by atoms with Crippen LogP contribution < -0.4 is 0 Å². The average molecular weight is 369 g/mol. The Morgan fingerprint density at radius 2 is 2.08 bits per heavy atom. The number of aliphatic carboxylic acids is 1. The highest BCUT2D eigenvalue weighted by Gasteiger charge is 2.25. The quantitative estimate of drug-likeness (QED) is 0.877. The average Bonchev–Trinajstić information content (AvgIpc) is 2.99. The fourth-order valence-corrected chi connectivity index (χ4v) is 3.69. The highest BCUT2D eigenvalue weighted by Crippen LogP contribution is 2.30. The van der Waals surface area contributed by atoms with E-state index in [-0.39, 0.29) is 12.5 Å². The van der Waals surface area contributed by atoms with Crippen molar-refractivity contribution < 1.29 is 9.90 Å². The molecule has 1 fully saturated rings. The summed E-state index contributed by atoms with van der Waals surface area (Å²) in [4.78, 5) is 17.2. The van der Waals surface area contributed by atoms with Crippen LogP contribution in [-0.2, 0) is 17.9 Å². The molecule has 3 rings (SSSR count). The molecular formula is C16H18Cl2N4O2. The highest BCUT2D eigenvalue weighted by atomic mass is 35.5. The van der Waals surface area contributed by atoms with Crippen LogP contribution >= 0.6 is 23.2 Å². The minimum absolute atomic E-state index is 0.110. The van der Waals surface area contributed by atoms with Gasteiger partial charge in [-0.05, 0) is 25.5 Å². The van der Waals surface area contributed by atoms with Gasteiger partial charge in [0.2, 0.25) is 0 Å². The van der Waals surface area contributed by atoms with Crippen LogP contribution in [0.2, 0.25) is 10.0 Å².